The van der Waals surface area contributed by atoms with E-state index in [2.05, 4.69) is 5.32 Å². The van der Waals surface area contributed by atoms with Gasteiger partial charge >= 0.3 is 0 Å². The van der Waals surface area contributed by atoms with Gasteiger partial charge in [0.1, 0.15) is 11.5 Å². The number of nitrogens with one attached hydrogen (secondary N) is 1. The van der Waals surface area contributed by atoms with Crippen molar-refractivity contribution >= 4 is 29.3 Å². The Labute approximate surface area is 140 Å². The highest BCUT2D eigenvalue weighted by atomic mass is 35.5. The van der Waals surface area contributed by atoms with Crippen molar-refractivity contribution in [1.82, 2.24) is 0 Å². The normalized spacial score (nSPS) is 10.6. The third kappa shape index (κ3) is 4.27. The minimum Gasteiger partial charge on any atom is -0.496 e. The molecule has 0 aliphatic heterocycles. The van der Waals surface area contributed by atoms with Crippen LogP contribution in [0.15, 0.2) is 42.5 Å². The summed E-state index contributed by atoms with van der Waals surface area (Å²) in [7, 11) is 3.15. The lowest BCUT2D eigenvalue weighted by molar-refractivity contribution is -0.111. The van der Waals surface area contributed by atoms with E-state index >= 15 is 0 Å². The molecule has 120 valence electrons. The maximum absolute atomic E-state index is 12.1. The number of aryl methyl sites for hydroxylation is 1. The fourth-order valence-electron chi connectivity index (χ4n) is 2.14. The third-order valence-electron chi connectivity index (χ3n) is 3.31. The van der Waals surface area contributed by atoms with Crippen LogP contribution >= 0.6 is 11.6 Å². The first-order valence-electron chi connectivity index (χ1n) is 7.01. The average molecular weight is 332 g/mol. The highest BCUT2D eigenvalue weighted by molar-refractivity contribution is 6.30. The number of methoxy groups -OCH3 is 2. The predicted molar refractivity (Wildman–Crippen MR) is 93.4 cm³/mol. The van der Waals surface area contributed by atoms with Gasteiger partial charge in [0, 0.05) is 16.8 Å². The Morgan fingerprint density at radius 1 is 1.13 bits per heavy atom. The smallest absolute Gasteiger partial charge is 0.248 e. The molecule has 2 aromatic rings. The Kier molecular flexibility index (Phi) is 5.66. The van der Waals surface area contributed by atoms with E-state index in [4.69, 9.17) is 21.1 Å². The number of anilines is 1. The summed E-state index contributed by atoms with van der Waals surface area (Å²) in [6.45, 7) is 1.88. The zero-order chi connectivity index (χ0) is 16.8. The molecule has 5 heteroatoms. The Hall–Kier alpha value is -2.46. The molecule has 2 rings (SSSR count). The van der Waals surface area contributed by atoms with Crippen molar-refractivity contribution in [2.75, 3.05) is 19.5 Å². The van der Waals surface area contributed by atoms with E-state index < -0.39 is 0 Å². The third-order valence-corrected chi connectivity index (χ3v) is 3.55. The molecule has 0 aliphatic rings. The first-order chi connectivity index (χ1) is 11.0. The number of carbonyl (C=O) groups excluding carboxylic acids is 1. The lowest BCUT2D eigenvalue weighted by Crippen LogP contribution is -2.08. The monoisotopic (exact) mass is 331 g/mol. The molecule has 0 bridgehead atoms. The second kappa shape index (κ2) is 7.70. The molecule has 0 fully saturated rings. The average Bonchev–Trinajstić information content (AvgIpc) is 2.55. The molecule has 23 heavy (non-hydrogen) atoms. The number of hydrogen-bond donors (Lipinski definition) is 1. The highest BCUT2D eigenvalue weighted by Crippen LogP contribution is 2.29. The van der Waals surface area contributed by atoms with Gasteiger partial charge in [-0.1, -0.05) is 17.7 Å². The first kappa shape index (κ1) is 16.9. The molecule has 4 nitrogen and oxygen atoms in total. The van der Waals surface area contributed by atoms with E-state index in [0.717, 1.165) is 11.3 Å². The molecular formula is C18H18ClNO3. The summed E-state index contributed by atoms with van der Waals surface area (Å²) in [6.07, 6.45) is 3.10. The maximum Gasteiger partial charge on any atom is 0.248 e. The van der Waals surface area contributed by atoms with Crippen molar-refractivity contribution in [2.45, 2.75) is 6.92 Å². The summed E-state index contributed by atoms with van der Waals surface area (Å²) in [5.41, 5.74) is 2.32. The summed E-state index contributed by atoms with van der Waals surface area (Å²) in [5.74, 6) is 1.02. The zero-order valence-electron chi connectivity index (χ0n) is 13.2. The summed E-state index contributed by atoms with van der Waals surface area (Å²) < 4.78 is 10.6. The summed E-state index contributed by atoms with van der Waals surface area (Å²) >= 11 is 5.91. The second-order valence-electron chi connectivity index (χ2n) is 4.86. The van der Waals surface area contributed by atoms with Gasteiger partial charge in [-0.15, -0.1) is 0 Å². The first-order valence-corrected chi connectivity index (χ1v) is 7.39. The molecule has 0 aliphatic carbocycles. The predicted octanol–water partition coefficient (Wildman–Crippen LogP) is 4.32. The zero-order valence-corrected chi connectivity index (χ0v) is 14.0. The van der Waals surface area contributed by atoms with Crippen LogP contribution in [0.4, 0.5) is 5.69 Å². The van der Waals surface area contributed by atoms with E-state index in [0.29, 0.717) is 22.1 Å². The van der Waals surface area contributed by atoms with Crippen LogP contribution in [0.3, 0.4) is 0 Å². The Morgan fingerprint density at radius 3 is 2.35 bits per heavy atom. The molecule has 0 saturated heterocycles. The van der Waals surface area contributed by atoms with Gasteiger partial charge in [0.25, 0.3) is 0 Å². The lowest BCUT2D eigenvalue weighted by Gasteiger charge is -2.10. The highest BCUT2D eigenvalue weighted by Gasteiger charge is 2.08. The molecule has 1 N–H and O–H groups in total. The molecule has 0 aromatic heterocycles. The van der Waals surface area contributed by atoms with Gasteiger partial charge in [0.05, 0.1) is 19.8 Å². The minimum atomic E-state index is -0.247. The van der Waals surface area contributed by atoms with Gasteiger partial charge in [-0.2, -0.15) is 0 Å². The molecule has 2 aromatic carbocycles. The van der Waals surface area contributed by atoms with Crippen molar-refractivity contribution in [1.29, 1.82) is 0 Å². The topological polar surface area (TPSA) is 47.6 Å². The van der Waals surface area contributed by atoms with Crippen LogP contribution in [0.5, 0.6) is 11.5 Å². The van der Waals surface area contributed by atoms with Gasteiger partial charge in [0.15, 0.2) is 0 Å². The quantitative estimate of drug-likeness (QED) is 0.830. The SMILES string of the molecule is COc1cccc(OC)c1C=CC(=O)Nc1ccc(Cl)cc1C. The molecule has 0 heterocycles. The summed E-state index contributed by atoms with van der Waals surface area (Å²) in [4.78, 5) is 12.1. The van der Waals surface area contributed by atoms with Crippen molar-refractivity contribution in [3.63, 3.8) is 0 Å². The lowest BCUT2D eigenvalue weighted by atomic mass is 10.1. The van der Waals surface area contributed by atoms with Crippen LogP contribution in [0.25, 0.3) is 6.08 Å². The van der Waals surface area contributed by atoms with Gasteiger partial charge in [-0.3, -0.25) is 4.79 Å². The van der Waals surface area contributed by atoms with E-state index in [1.54, 1.807) is 38.5 Å². The minimum absolute atomic E-state index is 0.247. The Morgan fingerprint density at radius 2 is 1.78 bits per heavy atom. The fourth-order valence-corrected chi connectivity index (χ4v) is 2.37. The molecular weight excluding hydrogens is 314 g/mol. The number of hydrogen-bond acceptors (Lipinski definition) is 3. The van der Waals surface area contributed by atoms with Crippen LogP contribution in [-0.2, 0) is 4.79 Å². The number of ether oxygens (including phenoxy) is 2. The Balaban J connectivity index is 2.18. The second-order valence-corrected chi connectivity index (χ2v) is 5.29. The molecule has 0 atom stereocenters. The largest absolute Gasteiger partial charge is 0.496 e. The maximum atomic E-state index is 12.1. The fraction of sp³-hybridized carbons (Fsp3) is 0.167. The summed E-state index contributed by atoms with van der Waals surface area (Å²) in [6, 6.07) is 10.7. The van der Waals surface area contributed by atoms with Gasteiger partial charge in [0.2, 0.25) is 5.91 Å². The van der Waals surface area contributed by atoms with Crippen molar-refractivity contribution in [2.24, 2.45) is 0 Å². The number of halogens is 1. The standard InChI is InChI=1S/C18H18ClNO3/c1-12-11-13(19)7-9-15(12)20-18(21)10-8-14-16(22-2)5-4-6-17(14)23-3/h4-11H,1-3H3,(H,20,21). The number of amides is 1. The van der Waals surface area contributed by atoms with Crippen LogP contribution in [-0.4, -0.2) is 20.1 Å². The number of carbonyl (C=O) groups is 1. The molecule has 1 amide bonds. The summed E-state index contributed by atoms with van der Waals surface area (Å²) in [5, 5.41) is 3.45. The van der Waals surface area contributed by atoms with Gasteiger partial charge < -0.3 is 14.8 Å². The van der Waals surface area contributed by atoms with Crippen LogP contribution in [0.2, 0.25) is 5.02 Å². The van der Waals surface area contributed by atoms with E-state index in [1.165, 1.54) is 6.08 Å². The van der Waals surface area contributed by atoms with Crippen molar-refractivity contribution in [3.05, 3.63) is 58.6 Å². The molecule has 0 radical (unpaired) electrons. The van der Waals surface area contributed by atoms with Crippen molar-refractivity contribution in [3.8, 4) is 11.5 Å². The van der Waals surface area contributed by atoms with Crippen LogP contribution in [0, 0.1) is 6.92 Å². The number of rotatable bonds is 5. The van der Waals surface area contributed by atoms with E-state index in [-0.39, 0.29) is 5.91 Å². The molecule has 0 spiro atoms. The number of benzene rings is 2. The van der Waals surface area contributed by atoms with Crippen molar-refractivity contribution < 1.29 is 14.3 Å². The molecule has 0 unspecified atom stereocenters. The van der Waals surface area contributed by atoms with Crippen LogP contribution < -0.4 is 14.8 Å². The van der Waals surface area contributed by atoms with Gasteiger partial charge in [-0.05, 0) is 48.9 Å². The molecule has 0 saturated carbocycles. The van der Waals surface area contributed by atoms with Gasteiger partial charge in [-0.25, -0.2) is 0 Å². The van der Waals surface area contributed by atoms with E-state index in [9.17, 15) is 4.79 Å². The Bertz CT molecular complexity index is 719. The van der Waals surface area contributed by atoms with E-state index in [1.807, 2.05) is 25.1 Å². The van der Waals surface area contributed by atoms with Crippen LogP contribution in [0.1, 0.15) is 11.1 Å².